The number of benzene rings is 2. The lowest BCUT2D eigenvalue weighted by Crippen LogP contribution is -2.37. The Labute approximate surface area is 141 Å². The van der Waals surface area contributed by atoms with Gasteiger partial charge in [0, 0.05) is 18.6 Å². The van der Waals surface area contributed by atoms with Crippen molar-refractivity contribution in [3.63, 3.8) is 0 Å². The quantitative estimate of drug-likeness (QED) is 0.739. The Bertz CT molecular complexity index is 741. The third-order valence-electron chi connectivity index (χ3n) is 5.04. The summed E-state index contributed by atoms with van der Waals surface area (Å²) in [4.78, 5) is 2.59. The maximum atomic E-state index is 13.7. The van der Waals surface area contributed by atoms with E-state index in [0.29, 0.717) is 12.1 Å². The average molecular weight is 328 g/mol. The molecule has 0 spiro atoms. The second-order valence-electron chi connectivity index (χ2n) is 6.48. The van der Waals surface area contributed by atoms with E-state index in [1.165, 1.54) is 24.0 Å². The van der Waals surface area contributed by atoms with Gasteiger partial charge in [-0.15, -0.1) is 0 Å². The van der Waals surface area contributed by atoms with E-state index in [9.17, 15) is 4.39 Å². The SMILES string of the molecule is Fc1cc(C2=CC3CCC(C2)N3Cc2ccccc2)ccc1Cl. The largest absolute Gasteiger partial charge is 0.289 e. The Morgan fingerprint density at radius 3 is 2.65 bits per heavy atom. The van der Waals surface area contributed by atoms with E-state index >= 15 is 0 Å². The van der Waals surface area contributed by atoms with E-state index < -0.39 is 0 Å². The summed E-state index contributed by atoms with van der Waals surface area (Å²) in [5.74, 6) is -0.330. The van der Waals surface area contributed by atoms with Gasteiger partial charge in [0.05, 0.1) is 5.02 Å². The van der Waals surface area contributed by atoms with Gasteiger partial charge in [0.25, 0.3) is 0 Å². The molecule has 1 saturated heterocycles. The number of rotatable bonds is 3. The van der Waals surface area contributed by atoms with Gasteiger partial charge in [0.2, 0.25) is 0 Å². The van der Waals surface area contributed by atoms with Gasteiger partial charge in [-0.2, -0.15) is 0 Å². The molecule has 2 atom stereocenters. The molecule has 1 fully saturated rings. The molecular weight excluding hydrogens is 309 g/mol. The van der Waals surface area contributed by atoms with Crippen LogP contribution in [0.5, 0.6) is 0 Å². The second-order valence-corrected chi connectivity index (χ2v) is 6.89. The van der Waals surface area contributed by atoms with Crippen LogP contribution in [0.4, 0.5) is 4.39 Å². The van der Waals surface area contributed by atoms with Crippen LogP contribution in [0.2, 0.25) is 5.02 Å². The molecule has 0 saturated carbocycles. The molecule has 2 bridgehead atoms. The molecular formula is C20H19ClFN. The van der Waals surface area contributed by atoms with E-state index in [4.69, 9.17) is 11.6 Å². The van der Waals surface area contributed by atoms with Crippen molar-refractivity contribution in [3.05, 3.63) is 76.6 Å². The molecule has 2 aromatic rings. The number of nitrogens with zero attached hydrogens (tertiary/aromatic N) is 1. The predicted octanol–water partition coefficient (Wildman–Crippen LogP) is 5.30. The van der Waals surface area contributed by atoms with Crippen LogP contribution in [0.15, 0.2) is 54.6 Å². The van der Waals surface area contributed by atoms with Gasteiger partial charge in [-0.25, -0.2) is 4.39 Å². The van der Waals surface area contributed by atoms with E-state index in [1.54, 1.807) is 12.1 Å². The molecule has 0 radical (unpaired) electrons. The van der Waals surface area contributed by atoms with E-state index in [2.05, 4.69) is 41.3 Å². The number of fused-ring (bicyclic) bond motifs is 2. The van der Waals surface area contributed by atoms with Gasteiger partial charge in [0.15, 0.2) is 0 Å². The standard InChI is InChI=1S/C20H19ClFN/c21-19-9-6-15(12-20(19)22)16-10-17-7-8-18(11-16)23(17)13-14-4-2-1-3-5-14/h1-6,9-10,12,17-18H,7-8,11,13H2. The van der Waals surface area contributed by atoms with Crippen molar-refractivity contribution in [2.24, 2.45) is 0 Å². The predicted molar refractivity (Wildman–Crippen MR) is 92.8 cm³/mol. The van der Waals surface area contributed by atoms with E-state index in [1.807, 2.05) is 6.07 Å². The molecule has 1 nitrogen and oxygen atoms in total. The molecule has 0 amide bonds. The first-order valence-corrected chi connectivity index (χ1v) is 8.54. The minimum Gasteiger partial charge on any atom is -0.289 e. The highest BCUT2D eigenvalue weighted by atomic mass is 35.5. The zero-order valence-corrected chi connectivity index (χ0v) is 13.6. The summed E-state index contributed by atoms with van der Waals surface area (Å²) in [6, 6.07) is 16.8. The fourth-order valence-corrected chi connectivity index (χ4v) is 3.99. The molecule has 4 rings (SSSR count). The maximum Gasteiger partial charge on any atom is 0.142 e. The van der Waals surface area contributed by atoms with Crippen molar-refractivity contribution in [3.8, 4) is 0 Å². The number of hydrogen-bond acceptors (Lipinski definition) is 1. The Balaban J connectivity index is 1.58. The molecule has 2 unspecified atom stereocenters. The van der Waals surface area contributed by atoms with Gasteiger partial charge in [-0.3, -0.25) is 4.90 Å². The zero-order chi connectivity index (χ0) is 15.8. The molecule has 0 aromatic heterocycles. The smallest absolute Gasteiger partial charge is 0.142 e. The maximum absolute atomic E-state index is 13.7. The van der Waals surface area contributed by atoms with Crippen molar-refractivity contribution in [2.45, 2.75) is 37.9 Å². The highest BCUT2D eigenvalue weighted by Crippen LogP contribution is 2.39. The Kier molecular flexibility index (Phi) is 3.96. The monoisotopic (exact) mass is 327 g/mol. The second kappa shape index (κ2) is 6.10. The minimum atomic E-state index is -0.330. The van der Waals surface area contributed by atoms with Crippen LogP contribution in [-0.4, -0.2) is 17.0 Å². The summed E-state index contributed by atoms with van der Waals surface area (Å²) in [5.41, 5.74) is 3.60. The lowest BCUT2D eigenvalue weighted by atomic mass is 9.94. The molecule has 2 aromatic carbocycles. The molecule has 0 N–H and O–H groups in total. The normalized spacial score (nSPS) is 23.8. The summed E-state index contributed by atoms with van der Waals surface area (Å²) >= 11 is 5.80. The lowest BCUT2D eigenvalue weighted by Gasteiger charge is -2.34. The third kappa shape index (κ3) is 2.93. The average Bonchev–Trinajstić information content (AvgIpc) is 2.80. The van der Waals surface area contributed by atoms with Crippen molar-refractivity contribution >= 4 is 17.2 Å². The fourth-order valence-electron chi connectivity index (χ4n) is 3.87. The minimum absolute atomic E-state index is 0.193. The zero-order valence-electron chi connectivity index (χ0n) is 12.9. The van der Waals surface area contributed by atoms with Gasteiger partial charge in [0.1, 0.15) is 5.82 Å². The molecule has 3 heteroatoms. The van der Waals surface area contributed by atoms with Crippen molar-refractivity contribution < 1.29 is 4.39 Å². The molecule has 118 valence electrons. The van der Waals surface area contributed by atoms with Gasteiger partial charge >= 0.3 is 0 Å². The van der Waals surface area contributed by atoms with Crippen molar-refractivity contribution in [1.29, 1.82) is 0 Å². The molecule has 2 aliphatic rings. The van der Waals surface area contributed by atoms with Crippen LogP contribution in [0.1, 0.15) is 30.4 Å². The van der Waals surface area contributed by atoms with Crippen LogP contribution < -0.4 is 0 Å². The molecule has 2 aliphatic heterocycles. The first kappa shape index (κ1) is 14.9. The van der Waals surface area contributed by atoms with Gasteiger partial charge in [-0.1, -0.05) is 54.1 Å². The van der Waals surface area contributed by atoms with Crippen LogP contribution in [-0.2, 0) is 6.54 Å². The highest BCUT2D eigenvalue weighted by Gasteiger charge is 2.36. The fraction of sp³-hybridized carbons (Fsp3) is 0.300. The first-order chi connectivity index (χ1) is 11.2. The van der Waals surface area contributed by atoms with E-state index in [-0.39, 0.29) is 10.8 Å². The molecule has 0 aliphatic carbocycles. The lowest BCUT2D eigenvalue weighted by molar-refractivity contribution is 0.203. The van der Waals surface area contributed by atoms with Gasteiger partial charge < -0.3 is 0 Å². The molecule has 2 heterocycles. The Morgan fingerprint density at radius 1 is 1.09 bits per heavy atom. The van der Waals surface area contributed by atoms with Crippen LogP contribution in [0.3, 0.4) is 0 Å². The molecule has 23 heavy (non-hydrogen) atoms. The summed E-state index contributed by atoms with van der Waals surface area (Å²) in [5, 5.41) is 0.193. The van der Waals surface area contributed by atoms with Crippen LogP contribution >= 0.6 is 11.6 Å². The first-order valence-electron chi connectivity index (χ1n) is 8.16. The summed E-state index contributed by atoms with van der Waals surface area (Å²) < 4.78 is 13.7. The van der Waals surface area contributed by atoms with Crippen molar-refractivity contribution in [2.75, 3.05) is 0 Å². The summed E-state index contributed by atoms with van der Waals surface area (Å²) in [6.07, 6.45) is 5.73. The topological polar surface area (TPSA) is 3.24 Å². The number of hydrogen-bond donors (Lipinski definition) is 0. The Morgan fingerprint density at radius 2 is 1.91 bits per heavy atom. The summed E-state index contributed by atoms with van der Waals surface area (Å²) in [6.45, 7) is 0.995. The number of halogens is 2. The summed E-state index contributed by atoms with van der Waals surface area (Å²) in [7, 11) is 0. The Hall–Kier alpha value is -1.64. The third-order valence-corrected chi connectivity index (χ3v) is 5.34. The van der Waals surface area contributed by atoms with Gasteiger partial charge in [-0.05, 0) is 48.1 Å². The highest BCUT2D eigenvalue weighted by molar-refractivity contribution is 6.30. The van der Waals surface area contributed by atoms with Crippen LogP contribution in [0.25, 0.3) is 5.57 Å². The van der Waals surface area contributed by atoms with Crippen LogP contribution in [0, 0.1) is 5.82 Å². The van der Waals surface area contributed by atoms with E-state index in [0.717, 1.165) is 18.5 Å². The van der Waals surface area contributed by atoms with Crippen molar-refractivity contribution in [1.82, 2.24) is 4.90 Å².